The quantitative estimate of drug-likeness (QED) is 0.890. The van der Waals surface area contributed by atoms with Crippen LogP contribution in [0.2, 0.25) is 0 Å². The molecule has 96 valence electrons. The highest BCUT2D eigenvalue weighted by atomic mass is 15.1. The van der Waals surface area contributed by atoms with Gasteiger partial charge in [0, 0.05) is 6.20 Å². The summed E-state index contributed by atoms with van der Waals surface area (Å²) in [5, 5.41) is 0. The molecule has 4 nitrogen and oxygen atoms in total. The molecule has 0 fully saturated rings. The molecule has 0 saturated heterocycles. The first-order valence-electron chi connectivity index (χ1n) is 6.15. The van der Waals surface area contributed by atoms with Gasteiger partial charge < -0.3 is 10.6 Å². The van der Waals surface area contributed by atoms with Crippen molar-refractivity contribution in [2.75, 3.05) is 20.6 Å². The van der Waals surface area contributed by atoms with Crippen LogP contribution in [0.1, 0.15) is 19.0 Å². The van der Waals surface area contributed by atoms with Crippen molar-refractivity contribution in [1.82, 2.24) is 14.9 Å². The number of aromatic nitrogens is 2. The molecule has 2 aromatic heterocycles. The maximum absolute atomic E-state index is 6.37. The molecule has 2 rings (SSSR count). The van der Waals surface area contributed by atoms with Crippen LogP contribution in [0.3, 0.4) is 0 Å². The zero-order valence-electron chi connectivity index (χ0n) is 11.2. The van der Waals surface area contributed by atoms with Gasteiger partial charge in [-0.1, -0.05) is 0 Å². The fourth-order valence-corrected chi connectivity index (χ4v) is 1.86. The smallest absolute Gasteiger partial charge is 0.0890 e. The third kappa shape index (κ3) is 2.83. The maximum atomic E-state index is 6.37. The fourth-order valence-electron chi connectivity index (χ4n) is 1.86. The van der Waals surface area contributed by atoms with Crippen LogP contribution in [0, 0.1) is 0 Å². The van der Waals surface area contributed by atoms with E-state index in [2.05, 4.69) is 14.9 Å². The lowest BCUT2D eigenvalue weighted by Crippen LogP contribution is -2.37. The Kier molecular flexibility index (Phi) is 3.59. The zero-order valence-corrected chi connectivity index (χ0v) is 11.2. The molecule has 0 radical (unpaired) electrons. The average Bonchev–Trinajstić information content (AvgIpc) is 2.36. The van der Waals surface area contributed by atoms with E-state index >= 15 is 0 Å². The highest BCUT2D eigenvalue weighted by molar-refractivity contribution is 5.73. The summed E-state index contributed by atoms with van der Waals surface area (Å²) in [6.45, 7) is 2.97. The SMILES string of the molecule is CN(C)CCC(C)(N)c1ccc2ncccc2n1. The molecule has 0 aliphatic rings. The molecule has 0 bridgehead atoms. The van der Waals surface area contributed by atoms with Crippen LogP contribution < -0.4 is 5.73 Å². The van der Waals surface area contributed by atoms with E-state index in [-0.39, 0.29) is 0 Å². The Balaban J connectivity index is 2.29. The monoisotopic (exact) mass is 244 g/mol. The minimum atomic E-state index is -0.408. The van der Waals surface area contributed by atoms with Gasteiger partial charge in [0.2, 0.25) is 0 Å². The van der Waals surface area contributed by atoms with Gasteiger partial charge in [0.15, 0.2) is 0 Å². The molecule has 2 heterocycles. The Morgan fingerprint density at radius 3 is 2.72 bits per heavy atom. The van der Waals surface area contributed by atoms with Gasteiger partial charge in [0.25, 0.3) is 0 Å². The number of hydrogen-bond acceptors (Lipinski definition) is 4. The molecule has 18 heavy (non-hydrogen) atoms. The maximum Gasteiger partial charge on any atom is 0.0890 e. The average molecular weight is 244 g/mol. The summed E-state index contributed by atoms with van der Waals surface area (Å²) in [5.41, 5.74) is 8.69. The summed E-state index contributed by atoms with van der Waals surface area (Å²) in [6, 6.07) is 7.82. The second kappa shape index (κ2) is 5.00. The van der Waals surface area contributed by atoms with Gasteiger partial charge in [-0.25, -0.2) is 4.98 Å². The summed E-state index contributed by atoms with van der Waals surface area (Å²) in [6.07, 6.45) is 2.65. The minimum Gasteiger partial charge on any atom is -0.320 e. The standard InChI is InChI=1S/C14H20N4/c1-14(15,8-10-18(2)3)13-7-6-11-12(17-13)5-4-9-16-11/h4-7,9H,8,10,15H2,1-3H3. The molecule has 4 heteroatoms. The third-order valence-electron chi connectivity index (χ3n) is 3.12. The predicted molar refractivity (Wildman–Crippen MR) is 74.2 cm³/mol. The van der Waals surface area contributed by atoms with Crippen LogP contribution in [-0.4, -0.2) is 35.5 Å². The van der Waals surface area contributed by atoms with E-state index in [1.54, 1.807) is 6.20 Å². The van der Waals surface area contributed by atoms with Crippen LogP contribution in [0.15, 0.2) is 30.5 Å². The first-order chi connectivity index (χ1) is 8.49. The van der Waals surface area contributed by atoms with Crippen molar-refractivity contribution in [3.8, 4) is 0 Å². The topological polar surface area (TPSA) is 55.0 Å². The molecule has 2 aromatic rings. The van der Waals surface area contributed by atoms with Crippen LogP contribution in [0.4, 0.5) is 0 Å². The molecule has 0 aromatic carbocycles. The highest BCUT2D eigenvalue weighted by Gasteiger charge is 2.23. The Bertz CT molecular complexity index is 534. The number of pyridine rings is 2. The van der Waals surface area contributed by atoms with Crippen LogP contribution in [-0.2, 0) is 5.54 Å². The van der Waals surface area contributed by atoms with E-state index in [1.165, 1.54) is 0 Å². The molecular formula is C14H20N4. The van der Waals surface area contributed by atoms with Crippen molar-refractivity contribution in [2.24, 2.45) is 5.73 Å². The van der Waals surface area contributed by atoms with Gasteiger partial charge in [-0.2, -0.15) is 0 Å². The number of nitrogens with zero attached hydrogens (tertiary/aromatic N) is 3. The highest BCUT2D eigenvalue weighted by Crippen LogP contribution is 2.21. The summed E-state index contributed by atoms with van der Waals surface area (Å²) in [5.74, 6) is 0. The van der Waals surface area contributed by atoms with Crippen molar-refractivity contribution in [2.45, 2.75) is 18.9 Å². The molecular weight excluding hydrogens is 224 g/mol. The summed E-state index contributed by atoms with van der Waals surface area (Å²) >= 11 is 0. The van der Waals surface area contributed by atoms with Gasteiger partial charge in [0.05, 0.1) is 22.3 Å². The summed E-state index contributed by atoms with van der Waals surface area (Å²) in [4.78, 5) is 11.0. The summed E-state index contributed by atoms with van der Waals surface area (Å²) < 4.78 is 0. The third-order valence-corrected chi connectivity index (χ3v) is 3.12. The Labute approximate surface area is 108 Å². The Morgan fingerprint density at radius 1 is 1.22 bits per heavy atom. The first-order valence-corrected chi connectivity index (χ1v) is 6.15. The zero-order chi connectivity index (χ0) is 13.2. The van der Waals surface area contributed by atoms with Crippen molar-refractivity contribution in [3.05, 3.63) is 36.2 Å². The molecule has 0 saturated carbocycles. The largest absolute Gasteiger partial charge is 0.320 e. The minimum absolute atomic E-state index is 0.408. The van der Waals surface area contributed by atoms with E-state index in [9.17, 15) is 0 Å². The van der Waals surface area contributed by atoms with Crippen LogP contribution >= 0.6 is 0 Å². The second-order valence-electron chi connectivity index (χ2n) is 5.21. The molecule has 1 atom stereocenters. The molecule has 0 amide bonds. The van der Waals surface area contributed by atoms with Gasteiger partial charge in [-0.15, -0.1) is 0 Å². The lowest BCUT2D eigenvalue weighted by atomic mass is 9.94. The first kappa shape index (κ1) is 12.9. The van der Waals surface area contributed by atoms with Crippen molar-refractivity contribution in [1.29, 1.82) is 0 Å². The normalized spacial score (nSPS) is 14.9. The Hall–Kier alpha value is -1.52. The summed E-state index contributed by atoms with van der Waals surface area (Å²) in [7, 11) is 4.10. The lowest BCUT2D eigenvalue weighted by molar-refractivity contribution is 0.329. The van der Waals surface area contributed by atoms with Gasteiger partial charge >= 0.3 is 0 Å². The van der Waals surface area contributed by atoms with Crippen molar-refractivity contribution < 1.29 is 0 Å². The molecule has 2 N–H and O–H groups in total. The molecule has 0 spiro atoms. The number of hydrogen-bond donors (Lipinski definition) is 1. The van der Waals surface area contributed by atoms with Gasteiger partial charge in [-0.3, -0.25) is 4.98 Å². The second-order valence-corrected chi connectivity index (χ2v) is 5.21. The molecule has 0 aliphatic heterocycles. The number of rotatable bonds is 4. The van der Waals surface area contributed by atoms with E-state index in [1.807, 2.05) is 45.3 Å². The molecule has 0 aliphatic carbocycles. The van der Waals surface area contributed by atoms with Gasteiger partial charge in [0.1, 0.15) is 0 Å². The van der Waals surface area contributed by atoms with E-state index in [4.69, 9.17) is 5.73 Å². The van der Waals surface area contributed by atoms with Gasteiger partial charge in [-0.05, 0) is 58.3 Å². The van der Waals surface area contributed by atoms with E-state index in [0.717, 1.165) is 29.7 Å². The van der Waals surface area contributed by atoms with E-state index in [0.29, 0.717) is 0 Å². The van der Waals surface area contributed by atoms with Crippen LogP contribution in [0.25, 0.3) is 11.0 Å². The number of nitrogens with two attached hydrogens (primary N) is 1. The predicted octanol–water partition coefficient (Wildman–Crippen LogP) is 1.76. The van der Waals surface area contributed by atoms with Crippen molar-refractivity contribution >= 4 is 11.0 Å². The lowest BCUT2D eigenvalue weighted by Gasteiger charge is -2.26. The van der Waals surface area contributed by atoms with E-state index < -0.39 is 5.54 Å². The number of fused-ring (bicyclic) bond motifs is 1. The fraction of sp³-hybridized carbons (Fsp3) is 0.429. The van der Waals surface area contributed by atoms with Crippen LogP contribution in [0.5, 0.6) is 0 Å². The molecule has 1 unspecified atom stereocenters. The Morgan fingerprint density at radius 2 is 2.00 bits per heavy atom. The van der Waals surface area contributed by atoms with Crippen molar-refractivity contribution in [3.63, 3.8) is 0 Å².